The number of ether oxygens (including phenoxy) is 1. The van der Waals surface area contributed by atoms with Gasteiger partial charge in [-0.25, -0.2) is 0 Å². The van der Waals surface area contributed by atoms with Gasteiger partial charge in [0.2, 0.25) is 5.91 Å². The molecule has 98 valence electrons. The summed E-state index contributed by atoms with van der Waals surface area (Å²) in [5.74, 6) is 0.0542. The summed E-state index contributed by atoms with van der Waals surface area (Å²) in [6.45, 7) is 4.54. The Morgan fingerprint density at radius 3 is 2.78 bits per heavy atom. The minimum absolute atomic E-state index is 0.0542. The van der Waals surface area contributed by atoms with Crippen LogP contribution in [0.5, 0.6) is 0 Å². The van der Waals surface area contributed by atoms with Gasteiger partial charge in [-0.1, -0.05) is 24.3 Å². The summed E-state index contributed by atoms with van der Waals surface area (Å²) in [5.41, 5.74) is 2.33. The lowest BCUT2D eigenvalue weighted by molar-refractivity contribution is -0.119. The van der Waals surface area contributed by atoms with Crippen LogP contribution in [0.3, 0.4) is 0 Å². The summed E-state index contributed by atoms with van der Waals surface area (Å²) < 4.78 is 5.33. The number of rotatable bonds is 4. The zero-order chi connectivity index (χ0) is 12.8. The molecule has 1 heterocycles. The molecule has 0 radical (unpaired) electrons. The highest BCUT2D eigenvalue weighted by molar-refractivity contribution is 5.78. The summed E-state index contributed by atoms with van der Waals surface area (Å²) in [6.07, 6.45) is 0.452. The molecule has 1 N–H and O–H groups in total. The minimum atomic E-state index is 0.0542. The van der Waals surface area contributed by atoms with Gasteiger partial charge in [-0.05, 0) is 11.1 Å². The smallest absolute Gasteiger partial charge is 0.224 e. The second-order valence-electron chi connectivity index (χ2n) is 4.56. The van der Waals surface area contributed by atoms with Gasteiger partial charge in [0.25, 0.3) is 0 Å². The second-order valence-corrected chi connectivity index (χ2v) is 4.56. The predicted octanol–water partition coefficient (Wildman–Crippen LogP) is 0.807. The SMILES string of the molecule is CNC(=O)Cc1cccc(CN2CCOCC2)c1. The molecule has 0 bridgehead atoms. The fourth-order valence-electron chi connectivity index (χ4n) is 2.13. The number of nitrogens with zero attached hydrogens (tertiary/aromatic N) is 1. The first-order valence-corrected chi connectivity index (χ1v) is 6.36. The van der Waals surface area contributed by atoms with E-state index < -0.39 is 0 Å². The molecule has 0 aromatic heterocycles. The van der Waals surface area contributed by atoms with Crippen molar-refractivity contribution in [3.63, 3.8) is 0 Å². The average Bonchev–Trinajstić information content (AvgIpc) is 2.40. The van der Waals surface area contributed by atoms with Gasteiger partial charge < -0.3 is 10.1 Å². The van der Waals surface area contributed by atoms with Crippen molar-refractivity contribution in [1.82, 2.24) is 10.2 Å². The molecule has 1 aliphatic heterocycles. The molecule has 1 amide bonds. The first-order valence-electron chi connectivity index (χ1n) is 6.36. The third kappa shape index (κ3) is 3.82. The van der Waals surface area contributed by atoms with Crippen molar-refractivity contribution < 1.29 is 9.53 Å². The molecule has 2 rings (SSSR count). The maximum absolute atomic E-state index is 11.3. The molecule has 1 saturated heterocycles. The van der Waals surface area contributed by atoms with Crippen LogP contribution in [0.25, 0.3) is 0 Å². The summed E-state index contributed by atoms with van der Waals surface area (Å²) in [5, 5.41) is 2.65. The molecule has 1 aliphatic rings. The first-order chi connectivity index (χ1) is 8.78. The second kappa shape index (κ2) is 6.52. The van der Waals surface area contributed by atoms with E-state index in [9.17, 15) is 4.79 Å². The van der Waals surface area contributed by atoms with Gasteiger partial charge in [0, 0.05) is 26.7 Å². The summed E-state index contributed by atoms with van der Waals surface area (Å²) in [6, 6.07) is 8.25. The van der Waals surface area contributed by atoms with E-state index in [1.165, 1.54) is 5.56 Å². The Morgan fingerprint density at radius 1 is 1.33 bits per heavy atom. The normalized spacial score (nSPS) is 16.5. The Balaban J connectivity index is 1.95. The van der Waals surface area contributed by atoms with E-state index in [2.05, 4.69) is 22.3 Å². The fraction of sp³-hybridized carbons (Fsp3) is 0.500. The summed E-state index contributed by atoms with van der Waals surface area (Å²) in [4.78, 5) is 13.7. The molecule has 0 spiro atoms. The summed E-state index contributed by atoms with van der Waals surface area (Å²) in [7, 11) is 1.67. The van der Waals surface area contributed by atoms with E-state index in [1.807, 2.05) is 12.1 Å². The zero-order valence-electron chi connectivity index (χ0n) is 10.8. The maximum Gasteiger partial charge on any atom is 0.224 e. The van der Waals surface area contributed by atoms with E-state index in [0.717, 1.165) is 38.4 Å². The third-order valence-electron chi connectivity index (χ3n) is 3.14. The Labute approximate surface area is 108 Å². The number of hydrogen-bond donors (Lipinski definition) is 1. The highest BCUT2D eigenvalue weighted by Gasteiger charge is 2.11. The maximum atomic E-state index is 11.3. The molecule has 4 nitrogen and oxygen atoms in total. The van der Waals surface area contributed by atoms with Crippen molar-refractivity contribution in [2.75, 3.05) is 33.4 Å². The molecule has 0 atom stereocenters. The van der Waals surface area contributed by atoms with E-state index in [0.29, 0.717) is 6.42 Å². The van der Waals surface area contributed by atoms with Crippen LogP contribution >= 0.6 is 0 Å². The highest BCUT2D eigenvalue weighted by Crippen LogP contribution is 2.10. The first kappa shape index (κ1) is 13.1. The topological polar surface area (TPSA) is 41.6 Å². The zero-order valence-corrected chi connectivity index (χ0v) is 10.8. The Hall–Kier alpha value is -1.39. The van der Waals surface area contributed by atoms with Crippen molar-refractivity contribution in [3.05, 3.63) is 35.4 Å². The van der Waals surface area contributed by atoms with Crippen LogP contribution in [0.4, 0.5) is 0 Å². The number of carbonyl (C=O) groups excluding carboxylic acids is 1. The van der Waals surface area contributed by atoms with Gasteiger partial charge in [-0.3, -0.25) is 9.69 Å². The number of likely N-dealkylation sites (N-methyl/N-ethyl adjacent to an activating group) is 1. The van der Waals surface area contributed by atoms with Gasteiger partial charge in [0.1, 0.15) is 0 Å². The predicted molar refractivity (Wildman–Crippen MR) is 70.3 cm³/mol. The van der Waals surface area contributed by atoms with Crippen LogP contribution < -0.4 is 5.32 Å². The molecule has 0 unspecified atom stereocenters. The monoisotopic (exact) mass is 248 g/mol. The Bertz CT molecular complexity index is 401. The van der Waals surface area contributed by atoms with E-state index in [1.54, 1.807) is 7.05 Å². The molecule has 1 fully saturated rings. The van der Waals surface area contributed by atoms with E-state index in [-0.39, 0.29) is 5.91 Å². The van der Waals surface area contributed by atoms with Crippen molar-refractivity contribution in [3.8, 4) is 0 Å². The number of carbonyl (C=O) groups is 1. The summed E-state index contributed by atoms with van der Waals surface area (Å²) >= 11 is 0. The minimum Gasteiger partial charge on any atom is -0.379 e. The number of hydrogen-bond acceptors (Lipinski definition) is 3. The van der Waals surface area contributed by atoms with Crippen LogP contribution in [-0.2, 0) is 22.5 Å². The highest BCUT2D eigenvalue weighted by atomic mass is 16.5. The molecule has 0 saturated carbocycles. The molecule has 4 heteroatoms. The molecule has 0 aliphatic carbocycles. The number of amides is 1. The van der Waals surface area contributed by atoms with Gasteiger partial charge in [-0.2, -0.15) is 0 Å². The fourth-order valence-corrected chi connectivity index (χ4v) is 2.13. The van der Waals surface area contributed by atoms with Crippen LogP contribution in [0.1, 0.15) is 11.1 Å². The van der Waals surface area contributed by atoms with Crippen LogP contribution in [0.15, 0.2) is 24.3 Å². The quantitative estimate of drug-likeness (QED) is 0.857. The van der Waals surface area contributed by atoms with Crippen LogP contribution in [0, 0.1) is 0 Å². The lowest BCUT2D eigenvalue weighted by Crippen LogP contribution is -2.35. The van der Waals surface area contributed by atoms with Crippen LogP contribution in [0.2, 0.25) is 0 Å². The number of benzene rings is 1. The molecule has 1 aromatic rings. The lowest BCUT2D eigenvalue weighted by Gasteiger charge is -2.26. The van der Waals surface area contributed by atoms with Crippen molar-refractivity contribution >= 4 is 5.91 Å². The van der Waals surface area contributed by atoms with Gasteiger partial charge in [0.05, 0.1) is 19.6 Å². The van der Waals surface area contributed by atoms with Crippen molar-refractivity contribution in [2.24, 2.45) is 0 Å². The molecule has 1 aromatic carbocycles. The van der Waals surface area contributed by atoms with E-state index in [4.69, 9.17) is 4.74 Å². The van der Waals surface area contributed by atoms with Crippen LogP contribution in [-0.4, -0.2) is 44.2 Å². The third-order valence-corrected chi connectivity index (χ3v) is 3.14. The largest absolute Gasteiger partial charge is 0.379 e. The average molecular weight is 248 g/mol. The van der Waals surface area contributed by atoms with Crippen molar-refractivity contribution in [1.29, 1.82) is 0 Å². The van der Waals surface area contributed by atoms with E-state index >= 15 is 0 Å². The Morgan fingerprint density at radius 2 is 2.06 bits per heavy atom. The lowest BCUT2D eigenvalue weighted by atomic mass is 10.1. The number of nitrogens with one attached hydrogen (secondary N) is 1. The van der Waals surface area contributed by atoms with Gasteiger partial charge >= 0.3 is 0 Å². The Kier molecular flexibility index (Phi) is 4.73. The van der Waals surface area contributed by atoms with Crippen molar-refractivity contribution in [2.45, 2.75) is 13.0 Å². The molecular formula is C14H20N2O2. The standard InChI is InChI=1S/C14H20N2O2/c1-15-14(17)10-12-3-2-4-13(9-12)11-16-5-7-18-8-6-16/h2-4,9H,5-8,10-11H2,1H3,(H,15,17). The number of morpholine rings is 1. The van der Waals surface area contributed by atoms with Gasteiger partial charge in [0.15, 0.2) is 0 Å². The molecule has 18 heavy (non-hydrogen) atoms. The molecular weight excluding hydrogens is 228 g/mol. The van der Waals surface area contributed by atoms with Gasteiger partial charge in [-0.15, -0.1) is 0 Å².